The highest BCUT2D eigenvalue weighted by Gasteiger charge is 2.14. The number of Topliss-reactive ketones (excluding diaryl/α,β-unsaturated/α-hetero) is 1. The van der Waals surface area contributed by atoms with Gasteiger partial charge in [0.25, 0.3) is 5.56 Å². The Balaban J connectivity index is 1.81. The maximum Gasteiger partial charge on any atom is 0.262 e. The van der Waals surface area contributed by atoms with Crippen LogP contribution in [0.15, 0.2) is 58.5 Å². The summed E-state index contributed by atoms with van der Waals surface area (Å²) in [6, 6.07) is 15.1. The highest BCUT2D eigenvalue weighted by molar-refractivity contribution is 7.99. The maximum atomic E-state index is 12.9. The zero-order valence-electron chi connectivity index (χ0n) is 16.9. The number of ether oxygens (including phenoxy) is 1. The second kappa shape index (κ2) is 10.4. The van der Waals surface area contributed by atoms with Crippen molar-refractivity contribution in [1.29, 1.82) is 0 Å². The molecular weight excluding hydrogens is 384 g/mol. The number of nitrogens with zero attached hydrogens (tertiary/aromatic N) is 2. The van der Waals surface area contributed by atoms with Crippen molar-refractivity contribution >= 4 is 28.4 Å². The quantitative estimate of drug-likeness (QED) is 0.215. The molecule has 29 heavy (non-hydrogen) atoms. The van der Waals surface area contributed by atoms with Gasteiger partial charge in [-0.1, -0.05) is 61.5 Å². The molecule has 0 spiro atoms. The molecular formula is C23H26N2O3S. The van der Waals surface area contributed by atoms with Gasteiger partial charge in [0.15, 0.2) is 10.9 Å². The van der Waals surface area contributed by atoms with Crippen molar-refractivity contribution in [3.63, 3.8) is 0 Å². The van der Waals surface area contributed by atoms with Crippen molar-refractivity contribution in [2.75, 3.05) is 19.5 Å². The van der Waals surface area contributed by atoms with E-state index < -0.39 is 0 Å². The normalized spacial score (nSPS) is 11.1. The molecule has 0 radical (unpaired) electrons. The molecule has 1 heterocycles. The number of methoxy groups -OCH3 is 1. The van der Waals surface area contributed by atoms with Gasteiger partial charge in [-0.25, -0.2) is 4.98 Å². The molecule has 6 heteroatoms. The third-order valence-corrected chi connectivity index (χ3v) is 5.68. The largest absolute Gasteiger partial charge is 0.385 e. The van der Waals surface area contributed by atoms with Crippen LogP contribution >= 0.6 is 11.8 Å². The first-order valence-electron chi connectivity index (χ1n) is 9.87. The minimum absolute atomic E-state index is 0.0314. The molecule has 1 aromatic heterocycles. The van der Waals surface area contributed by atoms with E-state index >= 15 is 0 Å². The highest BCUT2D eigenvalue weighted by Crippen LogP contribution is 2.20. The fourth-order valence-corrected chi connectivity index (χ4v) is 4.10. The van der Waals surface area contributed by atoms with Crippen LogP contribution < -0.4 is 5.56 Å². The number of aryl methyl sites for hydroxylation is 1. The van der Waals surface area contributed by atoms with E-state index in [1.54, 1.807) is 17.7 Å². The van der Waals surface area contributed by atoms with Gasteiger partial charge in [0.1, 0.15) is 0 Å². The van der Waals surface area contributed by atoms with Crippen LogP contribution in [0.5, 0.6) is 0 Å². The molecule has 0 aliphatic rings. The van der Waals surface area contributed by atoms with Gasteiger partial charge in [0.2, 0.25) is 0 Å². The van der Waals surface area contributed by atoms with Crippen LogP contribution in [0.1, 0.15) is 35.7 Å². The lowest BCUT2D eigenvalue weighted by atomic mass is 10.1. The van der Waals surface area contributed by atoms with E-state index in [4.69, 9.17) is 4.74 Å². The number of hydrogen-bond acceptors (Lipinski definition) is 5. The molecule has 0 saturated carbocycles. The van der Waals surface area contributed by atoms with Crippen LogP contribution in [0.25, 0.3) is 10.9 Å². The summed E-state index contributed by atoms with van der Waals surface area (Å²) in [4.78, 5) is 30.2. The van der Waals surface area contributed by atoms with Gasteiger partial charge in [-0.15, -0.1) is 0 Å². The van der Waals surface area contributed by atoms with E-state index in [9.17, 15) is 9.59 Å². The standard InChI is InChI=1S/C23H26N2O3S/c1-3-7-17-10-12-18(13-11-17)21(26)16-29-23-24-20-9-5-4-8-19(20)22(27)25(23)14-6-15-28-2/h4-5,8-13H,3,6-7,14-16H2,1-2H3. The van der Waals surface area contributed by atoms with Gasteiger partial charge in [-0.05, 0) is 30.5 Å². The average Bonchev–Trinajstić information content (AvgIpc) is 2.74. The molecule has 0 unspecified atom stereocenters. The second-order valence-corrected chi connectivity index (χ2v) is 7.82. The summed E-state index contributed by atoms with van der Waals surface area (Å²) in [5, 5.41) is 1.16. The van der Waals surface area contributed by atoms with E-state index in [1.807, 2.05) is 42.5 Å². The lowest BCUT2D eigenvalue weighted by Crippen LogP contribution is -2.24. The average molecular weight is 411 g/mol. The fraction of sp³-hybridized carbons (Fsp3) is 0.348. The number of thioether (sulfide) groups is 1. The van der Waals surface area contributed by atoms with Gasteiger partial charge in [-0.3, -0.25) is 14.2 Å². The van der Waals surface area contributed by atoms with E-state index in [0.29, 0.717) is 41.2 Å². The maximum absolute atomic E-state index is 12.9. The van der Waals surface area contributed by atoms with Crippen molar-refractivity contribution in [3.8, 4) is 0 Å². The Hall–Kier alpha value is -2.44. The number of hydrogen-bond donors (Lipinski definition) is 0. The van der Waals surface area contributed by atoms with Crippen molar-refractivity contribution < 1.29 is 9.53 Å². The predicted octanol–water partition coefficient (Wildman–Crippen LogP) is 4.36. The first kappa shape index (κ1) is 21.3. The summed E-state index contributed by atoms with van der Waals surface area (Å²) in [6.45, 7) is 3.21. The van der Waals surface area contributed by atoms with Crippen molar-refractivity contribution in [3.05, 3.63) is 70.0 Å². The van der Waals surface area contributed by atoms with Gasteiger partial charge in [0.05, 0.1) is 16.7 Å². The third kappa shape index (κ3) is 5.34. The summed E-state index contributed by atoms with van der Waals surface area (Å²) in [5.74, 6) is 0.270. The Labute approximate surface area is 175 Å². The minimum atomic E-state index is -0.0782. The molecule has 2 aromatic carbocycles. The first-order valence-corrected chi connectivity index (χ1v) is 10.9. The Morgan fingerprint density at radius 3 is 2.62 bits per heavy atom. The lowest BCUT2D eigenvalue weighted by Gasteiger charge is -2.13. The second-order valence-electron chi connectivity index (χ2n) is 6.87. The molecule has 152 valence electrons. The zero-order chi connectivity index (χ0) is 20.6. The van der Waals surface area contributed by atoms with E-state index in [1.165, 1.54) is 17.3 Å². The number of rotatable bonds is 10. The number of carbonyl (C=O) groups excluding carboxylic acids is 1. The van der Waals surface area contributed by atoms with Crippen LogP contribution in [0.4, 0.5) is 0 Å². The van der Waals surface area contributed by atoms with E-state index in [0.717, 1.165) is 12.8 Å². The van der Waals surface area contributed by atoms with E-state index in [-0.39, 0.29) is 17.1 Å². The molecule has 0 aliphatic heterocycles. The summed E-state index contributed by atoms with van der Waals surface area (Å²) in [6.07, 6.45) is 2.80. The number of para-hydroxylation sites is 1. The number of aromatic nitrogens is 2. The fourth-order valence-electron chi connectivity index (χ4n) is 3.18. The van der Waals surface area contributed by atoms with Crippen LogP contribution in [-0.2, 0) is 17.7 Å². The highest BCUT2D eigenvalue weighted by atomic mass is 32.2. The molecule has 5 nitrogen and oxygen atoms in total. The minimum Gasteiger partial charge on any atom is -0.385 e. The molecule has 0 N–H and O–H groups in total. The predicted molar refractivity (Wildman–Crippen MR) is 118 cm³/mol. The molecule has 0 bridgehead atoms. The summed E-state index contributed by atoms with van der Waals surface area (Å²) >= 11 is 1.31. The SMILES string of the molecule is CCCc1ccc(C(=O)CSc2nc3ccccc3c(=O)n2CCCOC)cc1. The molecule has 0 amide bonds. The molecule has 0 aliphatic carbocycles. The van der Waals surface area contributed by atoms with Gasteiger partial charge in [-0.2, -0.15) is 0 Å². The monoisotopic (exact) mass is 410 g/mol. The lowest BCUT2D eigenvalue weighted by molar-refractivity contribution is 0.102. The topological polar surface area (TPSA) is 61.2 Å². The van der Waals surface area contributed by atoms with Gasteiger partial charge >= 0.3 is 0 Å². The Kier molecular flexibility index (Phi) is 7.61. The van der Waals surface area contributed by atoms with Crippen molar-refractivity contribution in [1.82, 2.24) is 9.55 Å². The zero-order valence-corrected chi connectivity index (χ0v) is 17.7. The van der Waals surface area contributed by atoms with E-state index in [2.05, 4.69) is 11.9 Å². The first-order chi connectivity index (χ1) is 14.1. The van der Waals surface area contributed by atoms with Crippen LogP contribution in [0.2, 0.25) is 0 Å². The van der Waals surface area contributed by atoms with Crippen LogP contribution in [-0.4, -0.2) is 34.8 Å². The Morgan fingerprint density at radius 2 is 1.90 bits per heavy atom. The van der Waals surface area contributed by atoms with Gasteiger partial charge in [0, 0.05) is 25.8 Å². The Bertz CT molecular complexity index is 1030. The number of carbonyl (C=O) groups is 1. The molecule has 0 saturated heterocycles. The smallest absolute Gasteiger partial charge is 0.262 e. The molecule has 3 rings (SSSR count). The number of benzene rings is 2. The molecule has 3 aromatic rings. The van der Waals surface area contributed by atoms with Crippen LogP contribution in [0.3, 0.4) is 0 Å². The summed E-state index contributed by atoms with van der Waals surface area (Å²) in [7, 11) is 1.64. The molecule has 0 atom stereocenters. The van der Waals surface area contributed by atoms with Crippen molar-refractivity contribution in [2.45, 2.75) is 37.9 Å². The molecule has 0 fully saturated rings. The number of fused-ring (bicyclic) bond motifs is 1. The Morgan fingerprint density at radius 1 is 1.14 bits per heavy atom. The van der Waals surface area contributed by atoms with Gasteiger partial charge < -0.3 is 4.74 Å². The number of ketones is 1. The summed E-state index contributed by atoms with van der Waals surface area (Å²) in [5.41, 5.74) is 2.50. The third-order valence-electron chi connectivity index (χ3n) is 4.70. The van der Waals surface area contributed by atoms with Crippen molar-refractivity contribution in [2.24, 2.45) is 0 Å². The summed E-state index contributed by atoms with van der Waals surface area (Å²) < 4.78 is 6.77. The van der Waals surface area contributed by atoms with Crippen LogP contribution in [0, 0.1) is 0 Å².